The van der Waals surface area contributed by atoms with Crippen LogP contribution in [-0.2, 0) is 17.6 Å². The van der Waals surface area contributed by atoms with Gasteiger partial charge in [-0.05, 0) is 44.0 Å². The molecule has 1 aromatic carbocycles. The molecule has 0 aliphatic rings. The molecule has 2 aromatic rings. The number of amides is 1. The predicted octanol–water partition coefficient (Wildman–Crippen LogP) is 3.20. The Bertz CT molecular complexity index is 818. The van der Waals surface area contributed by atoms with Crippen LogP contribution in [0.25, 0.3) is 0 Å². The average molecular weight is 358 g/mol. The molecule has 2 rings (SSSR count). The molecule has 0 saturated heterocycles. The van der Waals surface area contributed by atoms with E-state index >= 15 is 0 Å². The van der Waals surface area contributed by atoms with Gasteiger partial charge in [-0.1, -0.05) is 13.0 Å². The van der Waals surface area contributed by atoms with Crippen LogP contribution in [0.3, 0.4) is 0 Å². The first-order valence-electron chi connectivity index (χ1n) is 8.46. The summed E-state index contributed by atoms with van der Waals surface area (Å²) in [6.07, 6.45) is 2.35. The number of benzene rings is 1. The fourth-order valence-electron chi connectivity index (χ4n) is 2.36. The second-order valence-electron chi connectivity index (χ2n) is 6.91. The molecule has 138 valence electrons. The van der Waals surface area contributed by atoms with Gasteiger partial charge in [0.2, 0.25) is 0 Å². The van der Waals surface area contributed by atoms with E-state index in [0.717, 1.165) is 12.5 Å². The number of Topliss-reactive ketones (excluding diaryl/α,β-unsaturated/α-hetero) is 1. The van der Waals surface area contributed by atoms with Crippen molar-refractivity contribution in [3.8, 4) is 5.75 Å². The van der Waals surface area contributed by atoms with Crippen molar-refractivity contribution < 1.29 is 19.1 Å². The molecular weight excluding hydrogens is 335 g/mol. The number of hydrogen-bond donors (Lipinski definition) is 2. The molecule has 0 fully saturated rings. The Hall–Kier alpha value is -2.76. The zero-order chi connectivity index (χ0) is 19.3. The maximum absolute atomic E-state index is 13.0. The van der Waals surface area contributed by atoms with Crippen molar-refractivity contribution in [3.05, 3.63) is 59.2 Å². The Balaban J connectivity index is 2.05. The highest BCUT2D eigenvalue weighted by Gasteiger charge is 2.20. The largest absolute Gasteiger partial charge is 0.508 e. The van der Waals surface area contributed by atoms with Gasteiger partial charge in [0.05, 0.1) is 0 Å². The molecule has 1 heterocycles. The molecule has 0 spiro atoms. The number of phenols is 1. The first-order valence-corrected chi connectivity index (χ1v) is 8.46. The van der Waals surface area contributed by atoms with Gasteiger partial charge in [-0.2, -0.15) is 0 Å². The van der Waals surface area contributed by atoms with E-state index in [2.05, 4.69) is 10.3 Å². The average Bonchev–Trinajstić information content (AvgIpc) is 2.57. The van der Waals surface area contributed by atoms with Gasteiger partial charge >= 0.3 is 0 Å². The van der Waals surface area contributed by atoms with Crippen LogP contribution in [0.1, 0.15) is 48.8 Å². The SMILES string of the molecule is CCC(C)(C)NC(=O)c1cc(CC(=O)Cc2ccc(F)cc2O)ccn1. The number of ketones is 1. The van der Waals surface area contributed by atoms with E-state index in [9.17, 15) is 19.1 Å². The highest BCUT2D eigenvalue weighted by molar-refractivity contribution is 5.93. The van der Waals surface area contributed by atoms with E-state index in [0.29, 0.717) is 11.1 Å². The van der Waals surface area contributed by atoms with Gasteiger partial charge in [-0.15, -0.1) is 0 Å². The Morgan fingerprint density at radius 3 is 2.58 bits per heavy atom. The minimum absolute atomic E-state index is 0.0150. The predicted molar refractivity (Wildman–Crippen MR) is 96.6 cm³/mol. The van der Waals surface area contributed by atoms with Gasteiger partial charge in [-0.25, -0.2) is 4.39 Å². The van der Waals surface area contributed by atoms with Crippen molar-refractivity contribution in [2.24, 2.45) is 0 Å². The lowest BCUT2D eigenvalue weighted by Gasteiger charge is -2.24. The topological polar surface area (TPSA) is 79.3 Å². The van der Waals surface area contributed by atoms with E-state index in [1.807, 2.05) is 20.8 Å². The van der Waals surface area contributed by atoms with Gasteiger partial charge < -0.3 is 10.4 Å². The zero-order valence-electron chi connectivity index (χ0n) is 15.2. The number of aromatic nitrogens is 1. The minimum atomic E-state index is -0.557. The second kappa shape index (κ2) is 8.08. The van der Waals surface area contributed by atoms with Crippen molar-refractivity contribution in [2.45, 2.75) is 45.6 Å². The number of hydrogen-bond acceptors (Lipinski definition) is 4. The fourth-order valence-corrected chi connectivity index (χ4v) is 2.36. The summed E-state index contributed by atoms with van der Waals surface area (Å²) >= 11 is 0. The lowest BCUT2D eigenvalue weighted by Crippen LogP contribution is -2.43. The van der Waals surface area contributed by atoms with Crippen LogP contribution in [0.5, 0.6) is 5.75 Å². The maximum atomic E-state index is 13.0. The number of nitrogens with one attached hydrogen (secondary N) is 1. The van der Waals surface area contributed by atoms with Crippen molar-refractivity contribution in [2.75, 3.05) is 0 Å². The Morgan fingerprint density at radius 1 is 1.19 bits per heavy atom. The molecule has 1 aromatic heterocycles. The fraction of sp³-hybridized carbons (Fsp3) is 0.350. The molecule has 6 heteroatoms. The number of carbonyl (C=O) groups excluding carboxylic acids is 2. The van der Waals surface area contributed by atoms with Crippen LogP contribution in [0.2, 0.25) is 0 Å². The smallest absolute Gasteiger partial charge is 0.270 e. The molecule has 0 unspecified atom stereocenters. The molecule has 0 saturated carbocycles. The number of nitrogens with zero attached hydrogens (tertiary/aromatic N) is 1. The summed E-state index contributed by atoms with van der Waals surface area (Å²) in [6, 6.07) is 6.83. The van der Waals surface area contributed by atoms with Gasteiger partial charge in [0.25, 0.3) is 5.91 Å². The molecule has 0 aliphatic carbocycles. The van der Waals surface area contributed by atoms with Gasteiger partial charge in [0, 0.05) is 36.2 Å². The molecule has 0 aliphatic heterocycles. The lowest BCUT2D eigenvalue weighted by atomic mass is 10.0. The van der Waals surface area contributed by atoms with Crippen LogP contribution in [0.15, 0.2) is 36.5 Å². The van der Waals surface area contributed by atoms with Crippen LogP contribution in [0.4, 0.5) is 4.39 Å². The first-order chi connectivity index (χ1) is 12.2. The Kier molecular flexibility index (Phi) is 6.08. The number of halogens is 1. The summed E-state index contributed by atoms with van der Waals surface area (Å²) < 4.78 is 13.0. The Labute approximate surface area is 152 Å². The zero-order valence-corrected chi connectivity index (χ0v) is 15.2. The molecular formula is C20H23FN2O3. The van der Waals surface area contributed by atoms with E-state index < -0.39 is 5.82 Å². The summed E-state index contributed by atoms with van der Waals surface area (Å²) in [7, 11) is 0. The summed E-state index contributed by atoms with van der Waals surface area (Å²) in [5.74, 6) is -1.24. The molecule has 26 heavy (non-hydrogen) atoms. The maximum Gasteiger partial charge on any atom is 0.270 e. The molecule has 1 amide bonds. The first kappa shape index (κ1) is 19.6. The molecule has 0 radical (unpaired) electrons. The number of pyridine rings is 1. The third-order valence-electron chi connectivity index (χ3n) is 4.23. The van der Waals surface area contributed by atoms with Crippen molar-refractivity contribution >= 4 is 11.7 Å². The normalized spacial score (nSPS) is 11.2. The third-order valence-corrected chi connectivity index (χ3v) is 4.23. The van der Waals surface area contributed by atoms with Crippen LogP contribution in [-0.4, -0.2) is 27.3 Å². The summed E-state index contributed by atoms with van der Waals surface area (Å²) in [5, 5.41) is 12.6. The molecule has 2 N–H and O–H groups in total. The van der Waals surface area contributed by atoms with E-state index in [1.165, 1.54) is 18.3 Å². The number of rotatable bonds is 7. The van der Waals surface area contributed by atoms with Crippen molar-refractivity contribution in [1.29, 1.82) is 0 Å². The summed E-state index contributed by atoms with van der Waals surface area (Å²) in [4.78, 5) is 28.6. The van der Waals surface area contributed by atoms with Crippen LogP contribution < -0.4 is 5.32 Å². The highest BCUT2D eigenvalue weighted by atomic mass is 19.1. The van der Waals surface area contributed by atoms with Gasteiger partial charge in [-0.3, -0.25) is 14.6 Å². The van der Waals surface area contributed by atoms with Gasteiger partial charge in [0.15, 0.2) is 0 Å². The Morgan fingerprint density at radius 2 is 1.92 bits per heavy atom. The molecule has 0 atom stereocenters. The monoisotopic (exact) mass is 358 g/mol. The molecule has 0 bridgehead atoms. The number of carbonyl (C=O) groups is 2. The third kappa shape index (κ3) is 5.37. The van der Waals surface area contributed by atoms with Gasteiger partial charge in [0.1, 0.15) is 23.0 Å². The standard InChI is InChI=1S/C20H23FN2O3/c1-4-20(2,3)23-19(26)17-10-13(7-8-22-17)9-16(24)11-14-5-6-15(21)12-18(14)25/h5-8,10,12,25H,4,9,11H2,1-3H3,(H,23,26). The van der Waals surface area contributed by atoms with Crippen molar-refractivity contribution in [3.63, 3.8) is 0 Å². The summed E-state index contributed by atoms with van der Waals surface area (Å²) in [6.45, 7) is 5.83. The summed E-state index contributed by atoms with van der Waals surface area (Å²) in [5.41, 5.74) is 0.936. The second-order valence-corrected chi connectivity index (χ2v) is 6.91. The number of phenolic OH excluding ortho intramolecular Hbond substituents is 1. The van der Waals surface area contributed by atoms with E-state index in [1.54, 1.807) is 12.1 Å². The highest BCUT2D eigenvalue weighted by Crippen LogP contribution is 2.19. The quantitative estimate of drug-likeness (QED) is 0.797. The van der Waals surface area contributed by atoms with Crippen molar-refractivity contribution in [1.82, 2.24) is 10.3 Å². The lowest BCUT2D eigenvalue weighted by molar-refractivity contribution is -0.117. The van der Waals surface area contributed by atoms with E-state index in [4.69, 9.17) is 0 Å². The minimum Gasteiger partial charge on any atom is -0.508 e. The van der Waals surface area contributed by atoms with Crippen LogP contribution >= 0.6 is 0 Å². The molecule has 5 nitrogen and oxygen atoms in total. The van der Waals surface area contributed by atoms with E-state index in [-0.39, 0.29) is 41.5 Å². The number of aromatic hydroxyl groups is 1. The van der Waals surface area contributed by atoms with Crippen LogP contribution in [0, 0.1) is 5.82 Å².